The molecule has 2 aromatic rings. The number of hydrogen-bond donors (Lipinski definition) is 3. The molecule has 6 nitrogen and oxygen atoms in total. The van der Waals surface area contributed by atoms with Gasteiger partial charge in [0, 0.05) is 0 Å². The molecular weight excluding hydrogens is 328 g/mol. The van der Waals surface area contributed by atoms with Crippen molar-refractivity contribution in [2.75, 3.05) is 5.73 Å². The van der Waals surface area contributed by atoms with Gasteiger partial charge in [0.1, 0.15) is 11.5 Å². The summed E-state index contributed by atoms with van der Waals surface area (Å²) in [4.78, 5) is 14.5. The van der Waals surface area contributed by atoms with Gasteiger partial charge in [-0.15, -0.1) is 0 Å². The van der Waals surface area contributed by atoms with Gasteiger partial charge >= 0.3 is 5.97 Å². The predicted molar refractivity (Wildman–Crippen MR) is 75.9 cm³/mol. The summed E-state index contributed by atoms with van der Waals surface area (Å²) < 4.78 is 6.02. The van der Waals surface area contributed by atoms with E-state index in [-0.39, 0.29) is 18.0 Å². The van der Waals surface area contributed by atoms with Crippen LogP contribution in [0.5, 0.6) is 17.2 Å². The van der Waals surface area contributed by atoms with Crippen molar-refractivity contribution >= 4 is 27.7 Å². The lowest BCUT2D eigenvalue weighted by atomic mass is 10.2. The van der Waals surface area contributed by atoms with Crippen LogP contribution in [0.2, 0.25) is 0 Å². The van der Waals surface area contributed by atoms with Crippen LogP contribution in [0, 0.1) is 0 Å². The molecule has 1 heterocycles. The minimum absolute atomic E-state index is 0.0975. The lowest BCUT2D eigenvalue weighted by molar-refractivity contribution is -0.136. The van der Waals surface area contributed by atoms with Crippen LogP contribution in [0.15, 0.2) is 34.8 Å². The van der Waals surface area contributed by atoms with E-state index >= 15 is 0 Å². The van der Waals surface area contributed by atoms with Crippen LogP contribution in [0.1, 0.15) is 5.69 Å². The summed E-state index contributed by atoms with van der Waals surface area (Å²) in [7, 11) is 0. The highest BCUT2D eigenvalue weighted by Crippen LogP contribution is 2.32. The molecule has 7 heteroatoms. The molecule has 0 bridgehead atoms. The predicted octanol–water partition coefficient (Wildman–Crippen LogP) is 2.55. The van der Waals surface area contributed by atoms with Crippen molar-refractivity contribution in [1.82, 2.24) is 4.98 Å². The standard InChI is InChI=1S/C13H11BrN2O4/c14-9-6-8(2-3-10(9)17)20-11-4-1-7(5-12(18)19)16-13(11)15/h1-4,6,17H,5H2,(H2,15,16)(H,18,19). The molecule has 0 radical (unpaired) electrons. The van der Waals surface area contributed by atoms with Crippen LogP contribution in [-0.4, -0.2) is 21.2 Å². The fraction of sp³-hybridized carbons (Fsp3) is 0.0769. The zero-order chi connectivity index (χ0) is 14.7. The van der Waals surface area contributed by atoms with Gasteiger partial charge < -0.3 is 20.7 Å². The first-order chi connectivity index (χ1) is 9.45. The summed E-state index contributed by atoms with van der Waals surface area (Å²) in [6.07, 6.45) is -0.199. The molecule has 104 valence electrons. The number of phenols is 1. The number of carboxylic acids is 1. The number of halogens is 1. The van der Waals surface area contributed by atoms with Crippen molar-refractivity contribution in [2.24, 2.45) is 0 Å². The number of nitrogens with two attached hydrogens (primary N) is 1. The van der Waals surface area contributed by atoms with Crippen molar-refractivity contribution < 1.29 is 19.7 Å². The highest BCUT2D eigenvalue weighted by atomic mass is 79.9. The number of nitrogen functional groups attached to an aromatic ring is 1. The zero-order valence-corrected chi connectivity index (χ0v) is 11.8. The maximum absolute atomic E-state index is 10.6. The van der Waals surface area contributed by atoms with Crippen molar-refractivity contribution in [2.45, 2.75) is 6.42 Å². The van der Waals surface area contributed by atoms with Gasteiger partial charge in [-0.2, -0.15) is 0 Å². The second kappa shape index (κ2) is 5.79. The molecule has 0 amide bonds. The number of carboxylic acid groups (broad SMARTS) is 1. The maximum atomic E-state index is 10.6. The van der Waals surface area contributed by atoms with E-state index in [2.05, 4.69) is 20.9 Å². The van der Waals surface area contributed by atoms with Gasteiger partial charge in [-0.25, -0.2) is 4.98 Å². The number of carbonyl (C=O) groups is 1. The van der Waals surface area contributed by atoms with E-state index in [0.29, 0.717) is 21.7 Å². The number of phenolic OH excluding ortho intramolecular Hbond substituents is 1. The first kappa shape index (κ1) is 14.1. The molecule has 0 spiro atoms. The largest absolute Gasteiger partial charge is 0.507 e. The molecule has 0 aliphatic rings. The third-order valence-electron chi connectivity index (χ3n) is 2.42. The van der Waals surface area contributed by atoms with Crippen LogP contribution < -0.4 is 10.5 Å². The topological polar surface area (TPSA) is 106 Å². The van der Waals surface area contributed by atoms with Gasteiger partial charge in [0.25, 0.3) is 0 Å². The molecule has 4 N–H and O–H groups in total. The normalized spacial score (nSPS) is 10.2. The van der Waals surface area contributed by atoms with Crippen LogP contribution in [0.25, 0.3) is 0 Å². The highest BCUT2D eigenvalue weighted by molar-refractivity contribution is 9.10. The lowest BCUT2D eigenvalue weighted by Gasteiger charge is -2.09. The van der Waals surface area contributed by atoms with Crippen molar-refractivity contribution in [3.05, 3.63) is 40.5 Å². The van der Waals surface area contributed by atoms with Crippen molar-refractivity contribution in [1.29, 1.82) is 0 Å². The van der Waals surface area contributed by atoms with Gasteiger partial charge in [0.2, 0.25) is 0 Å². The fourth-order valence-corrected chi connectivity index (χ4v) is 1.88. The minimum atomic E-state index is -0.979. The number of pyridine rings is 1. The first-order valence-electron chi connectivity index (χ1n) is 5.59. The number of aliphatic carboxylic acids is 1. The quantitative estimate of drug-likeness (QED) is 0.791. The molecule has 1 aromatic carbocycles. The number of aromatic nitrogens is 1. The van der Waals surface area contributed by atoms with Gasteiger partial charge in [-0.05, 0) is 46.3 Å². The Morgan fingerprint density at radius 1 is 1.35 bits per heavy atom. The Labute approximate surface area is 123 Å². The summed E-state index contributed by atoms with van der Waals surface area (Å²) in [5.74, 6) is 0.00659. The number of nitrogens with zero attached hydrogens (tertiary/aromatic N) is 1. The Morgan fingerprint density at radius 3 is 2.70 bits per heavy atom. The number of aromatic hydroxyl groups is 1. The molecule has 0 fully saturated rings. The molecule has 2 rings (SSSR count). The Kier molecular flexibility index (Phi) is 4.09. The molecule has 0 atom stereocenters. The van der Waals surface area contributed by atoms with Crippen molar-refractivity contribution in [3.63, 3.8) is 0 Å². The Bertz CT molecular complexity index is 661. The number of anilines is 1. The van der Waals surface area contributed by atoms with Gasteiger partial charge in [0.15, 0.2) is 11.6 Å². The summed E-state index contributed by atoms with van der Waals surface area (Å²) >= 11 is 3.17. The Morgan fingerprint density at radius 2 is 2.10 bits per heavy atom. The molecule has 0 saturated heterocycles. The smallest absolute Gasteiger partial charge is 0.309 e. The number of hydrogen-bond acceptors (Lipinski definition) is 5. The van der Waals surface area contributed by atoms with Gasteiger partial charge in [-0.3, -0.25) is 4.79 Å². The number of rotatable bonds is 4. The first-order valence-corrected chi connectivity index (χ1v) is 6.38. The third-order valence-corrected chi connectivity index (χ3v) is 3.06. The molecule has 0 unspecified atom stereocenters. The highest BCUT2D eigenvalue weighted by Gasteiger charge is 2.09. The monoisotopic (exact) mass is 338 g/mol. The van der Waals surface area contributed by atoms with E-state index in [1.165, 1.54) is 12.1 Å². The summed E-state index contributed by atoms with van der Waals surface area (Å²) in [5.41, 5.74) is 6.08. The summed E-state index contributed by atoms with van der Waals surface area (Å²) in [6, 6.07) is 7.73. The minimum Gasteiger partial charge on any atom is -0.507 e. The molecule has 1 aromatic heterocycles. The third kappa shape index (κ3) is 3.39. The van der Waals surface area contributed by atoms with Crippen LogP contribution in [0.3, 0.4) is 0 Å². The Balaban J connectivity index is 2.21. The van der Waals surface area contributed by atoms with Crippen LogP contribution >= 0.6 is 15.9 Å². The van der Waals surface area contributed by atoms with E-state index in [1.807, 2.05) is 0 Å². The van der Waals surface area contributed by atoms with Crippen LogP contribution in [0.4, 0.5) is 5.82 Å². The molecule has 0 saturated carbocycles. The average Bonchev–Trinajstić information content (AvgIpc) is 2.36. The molecule has 0 aliphatic heterocycles. The lowest BCUT2D eigenvalue weighted by Crippen LogP contribution is -2.04. The van der Waals surface area contributed by atoms with Gasteiger partial charge in [0.05, 0.1) is 16.6 Å². The van der Waals surface area contributed by atoms with Crippen molar-refractivity contribution in [3.8, 4) is 17.2 Å². The fourth-order valence-electron chi connectivity index (χ4n) is 1.52. The van der Waals surface area contributed by atoms with E-state index in [0.717, 1.165) is 0 Å². The van der Waals surface area contributed by atoms with Gasteiger partial charge in [-0.1, -0.05) is 0 Å². The molecule has 20 heavy (non-hydrogen) atoms. The zero-order valence-electron chi connectivity index (χ0n) is 10.2. The second-order valence-corrected chi connectivity index (χ2v) is 4.83. The number of ether oxygens (including phenoxy) is 1. The van der Waals surface area contributed by atoms with E-state index in [9.17, 15) is 9.90 Å². The summed E-state index contributed by atoms with van der Waals surface area (Å²) in [5, 5.41) is 18.1. The molecular formula is C13H11BrN2O4. The number of benzene rings is 1. The second-order valence-electron chi connectivity index (χ2n) is 3.97. The summed E-state index contributed by atoms with van der Waals surface area (Å²) in [6.45, 7) is 0. The van der Waals surface area contributed by atoms with Crippen LogP contribution in [-0.2, 0) is 11.2 Å². The van der Waals surface area contributed by atoms with E-state index < -0.39 is 5.97 Å². The Hall–Kier alpha value is -2.28. The van der Waals surface area contributed by atoms with E-state index in [4.69, 9.17) is 15.6 Å². The average molecular weight is 339 g/mol. The maximum Gasteiger partial charge on any atom is 0.309 e. The molecule has 0 aliphatic carbocycles. The SMILES string of the molecule is Nc1nc(CC(=O)O)ccc1Oc1ccc(O)c(Br)c1. The van der Waals surface area contributed by atoms with E-state index in [1.54, 1.807) is 18.2 Å².